The van der Waals surface area contributed by atoms with Gasteiger partial charge in [0.2, 0.25) is 5.89 Å². The van der Waals surface area contributed by atoms with Gasteiger partial charge in [0.15, 0.2) is 5.58 Å². The number of aromatic nitrogens is 1. The number of benzene rings is 2. The molecule has 0 aliphatic carbocycles. The molecular weight excluding hydrogens is 352 g/mol. The maximum absolute atomic E-state index is 12.1. The van der Waals surface area contributed by atoms with Gasteiger partial charge >= 0.3 is 6.09 Å². The Kier molecular flexibility index (Phi) is 5.07. The van der Waals surface area contributed by atoms with E-state index in [1.54, 1.807) is 4.90 Å². The molecule has 0 radical (unpaired) electrons. The first-order valence-corrected chi connectivity index (χ1v) is 9.92. The van der Waals surface area contributed by atoms with Crippen LogP contribution in [0, 0.1) is 6.92 Å². The Morgan fingerprint density at radius 2 is 1.86 bits per heavy atom. The molecule has 0 unspecified atom stereocenters. The molecule has 1 saturated heterocycles. The number of hydrogen-bond acceptors (Lipinski definition) is 4. The van der Waals surface area contributed by atoms with E-state index in [1.807, 2.05) is 32.0 Å². The molecule has 3 aromatic rings. The smallest absolute Gasteiger partial charge is 0.410 e. The van der Waals surface area contributed by atoms with Crippen LogP contribution in [0.1, 0.15) is 43.7 Å². The van der Waals surface area contributed by atoms with Crippen molar-refractivity contribution in [3.63, 3.8) is 0 Å². The summed E-state index contributed by atoms with van der Waals surface area (Å²) in [4.78, 5) is 18.5. The van der Waals surface area contributed by atoms with Gasteiger partial charge in [-0.1, -0.05) is 23.8 Å². The molecule has 4 rings (SSSR count). The van der Waals surface area contributed by atoms with Crippen LogP contribution in [0.5, 0.6) is 0 Å². The third-order valence-corrected chi connectivity index (χ3v) is 5.27. The number of rotatable bonds is 3. The lowest BCUT2D eigenvalue weighted by molar-refractivity contribution is 0.0692. The summed E-state index contributed by atoms with van der Waals surface area (Å²) in [6, 6.07) is 14.5. The minimum absolute atomic E-state index is 0.0817. The van der Waals surface area contributed by atoms with Crippen LogP contribution in [-0.2, 0) is 4.74 Å². The predicted octanol–water partition coefficient (Wildman–Crippen LogP) is 5.53. The van der Waals surface area contributed by atoms with Gasteiger partial charge in [-0.15, -0.1) is 0 Å². The molecule has 2 heterocycles. The number of ether oxygens (including phenoxy) is 1. The van der Waals surface area contributed by atoms with E-state index in [0.717, 1.165) is 42.6 Å². The van der Waals surface area contributed by atoms with Crippen LogP contribution in [0.2, 0.25) is 0 Å². The van der Waals surface area contributed by atoms with Gasteiger partial charge < -0.3 is 14.1 Å². The second kappa shape index (κ2) is 7.66. The fourth-order valence-corrected chi connectivity index (χ4v) is 3.69. The molecule has 0 bridgehead atoms. The standard InChI is InChI=1S/C23H26N2O3/c1-15(2)27-23(26)25-12-10-17(11-13-25)19-8-9-20-21(14-19)28-22(24-20)18-6-4-16(3)5-7-18/h4-9,14-15,17H,10-13H2,1-3H3. The highest BCUT2D eigenvalue weighted by Crippen LogP contribution is 2.32. The SMILES string of the molecule is Cc1ccc(-c2nc3ccc(C4CCN(C(=O)OC(C)C)CC4)cc3o2)cc1. The summed E-state index contributed by atoms with van der Waals surface area (Å²) in [5.41, 5.74) is 5.13. The van der Waals surface area contributed by atoms with Crippen molar-refractivity contribution < 1.29 is 13.9 Å². The summed E-state index contributed by atoms with van der Waals surface area (Å²) in [5, 5.41) is 0. The Morgan fingerprint density at radius 1 is 1.14 bits per heavy atom. The topological polar surface area (TPSA) is 55.6 Å². The van der Waals surface area contributed by atoms with Crippen LogP contribution in [-0.4, -0.2) is 35.2 Å². The Balaban J connectivity index is 1.48. The maximum Gasteiger partial charge on any atom is 0.410 e. The maximum atomic E-state index is 12.1. The third kappa shape index (κ3) is 3.88. The van der Waals surface area contributed by atoms with E-state index < -0.39 is 0 Å². The molecule has 1 aromatic heterocycles. The molecular formula is C23H26N2O3. The van der Waals surface area contributed by atoms with Crippen molar-refractivity contribution >= 4 is 17.2 Å². The summed E-state index contributed by atoms with van der Waals surface area (Å²) in [6.07, 6.45) is 1.57. The van der Waals surface area contributed by atoms with E-state index in [4.69, 9.17) is 9.15 Å². The van der Waals surface area contributed by atoms with Gasteiger partial charge in [0.1, 0.15) is 5.52 Å². The summed E-state index contributed by atoms with van der Waals surface area (Å²) in [5.74, 6) is 1.07. The molecule has 2 aromatic carbocycles. The van der Waals surface area contributed by atoms with Crippen molar-refractivity contribution in [1.29, 1.82) is 0 Å². The van der Waals surface area contributed by atoms with Gasteiger partial charge in [-0.2, -0.15) is 0 Å². The molecule has 5 nitrogen and oxygen atoms in total. The number of nitrogens with zero attached hydrogens (tertiary/aromatic N) is 2. The number of oxazole rings is 1. The number of carbonyl (C=O) groups is 1. The minimum Gasteiger partial charge on any atom is -0.447 e. The predicted molar refractivity (Wildman–Crippen MR) is 109 cm³/mol. The first kappa shape index (κ1) is 18.5. The number of hydrogen-bond donors (Lipinski definition) is 0. The van der Waals surface area contributed by atoms with Crippen molar-refractivity contribution in [1.82, 2.24) is 9.88 Å². The van der Waals surface area contributed by atoms with E-state index in [2.05, 4.69) is 36.2 Å². The molecule has 5 heteroatoms. The van der Waals surface area contributed by atoms with E-state index >= 15 is 0 Å². The number of likely N-dealkylation sites (tertiary alicyclic amines) is 1. The highest BCUT2D eigenvalue weighted by atomic mass is 16.6. The second-order valence-corrected chi connectivity index (χ2v) is 7.81. The van der Waals surface area contributed by atoms with Crippen molar-refractivity contribution in [2.75, 3.05) is 13.1 Å². The summed E-state index contributed by atoms with van der Waals surface area (Å²) >= 11 is 0. The average molecular weight is 378 g/mol. The van der Waals surface area contributed by atoms with Gasteiger partial charge in [0.25, 0.3) is 0 Å². The van der Waals surface area contributed by atoms with Crippen molar-refractivity contribution in [2.24, 2.45) is 0 Å². The zero-order chi connectivity index (χ0) is 19.7. The lowest BCUT2D eigenvalue weighted by Gasteiger charge is -2.32. The van der Waals surface area contributed by atoms with E-state index in [1.165, 1.54) is 11.1 Å². The van der Waals surface area contributed by atoms with Crippen LogP contribution >= 0.6 is 0 Å². The fourth-order valence-electron chi connectivity index (χ4n) is 3.69. The van der Waals surface area contributed by atoms with Crippen LogP contribution < -0.4 is 0 Å². The lowest BCUT2D eigenvalue weighted by atomic mass is 9.89. The number of piperidine rings is 1. The fraction of sp³-hybridized carbons (Fsp3) is 0.391. The Bertz CT molecular complexity index is 967. The highest BCUT2D eigenvalue weighted by molar-refractivity contribution is 5.77. The van der Waals surface area contributed by atoms with Crippen molar-refractivity contribution in [3.05, 3.63) is 53.6 Å². The van der Waals surface area contributed by atoms with Crippen LogP contribution in [0.15, 0.2) is 46.9 Å². The van der Waals surface area contributed by atoms with E-state index in [0.29, 0.717) is 11.8 Å². The minimum atomic E-state index is -0.207. The molecule has 28 heavy (non-hydrogen) atoms. The molecule has 146 valence electrons. The largest absolute Gasteiger partial charge is 0.447 e. The highest BCUT2D eigenvalue weighted by Gasteiger charge is 2.25. The van der Waals surface area contributed by atoms with Crippen molar-refractivity contribution in [3.8, 4) is 11.5 Å². The Hall–Kier alpha value is -2.82. The summed E-state index contributed by atoms with van der Waals surface area (Å²) in [6.45, 7) is 7.26. The molecule has 0 N–H and O–H groups in total. The molecule has 1 amide bonds. The molecule has 0 spiro atoms. The molecule has 1 fully saturated rings. The Labute approximate surface area is 165 Å². The monoisotopic (exact) mass is 378 g/mol. The van der Waals surface area contributed by atoms with Crippen molar-refractivity contribution in [2.45, 2.75) is 45.6 Å². The zero-order valence-electron chi connectivity index (χ0n) is 16.6. The van der Waals surface area contributed by atoms with E-state index in [9.17, 15) is 4.79 Å². The quantitative estimate of drug-likeness (QED) is 0.601. The van der Waals surface area contributed by atoms with E-state index in [-0.39, 0.29) is 12.2 Å². The first-order valence-electron chi connectivity index (χ1n) is 9.92. The number of fused-ring (bicyclic) bond motifs is 1. The third-order valence-electron chi connectivity index (χ3n) is 5.27. The Morgan fingerprint density at radius 3 is 2.54 bits per heavy atom. The van der Waals surface area contributed by atoms with Crippen LogP contribution in [0.3, 0.4) is 0 Å². The molecule has 0 atom stereocenters. The molecule has 0 saturated carbocycles. The van der Waals surface area contributed by atoms with Crippen LogP contribution in [0.25, 0.3) is 22.6 Å². The average Bonchev–Trinajstić information content (AvgIpc) is 3.11. The lowest BCUT2D eigenvalue weighted by Crippen LogP contribution is -2.39. The van der Waals surface area contributed by atoms with Crippen LogP contribution in [0.4, 0.5) is 4.79 Å². The zero-order valence-corrected chi connectivity index (χ0v) is 16.6. The van der Waals surface area contributed by atoms with Gasteiger partial charge in [-0.3, -0.25) is 0 Å². The van der Waals surface area contributed by atoms with Gasteiger partial charge in [0, 0.05) is 18.7 Å². The summed E-state index contributed by atoms with van der Waals surface area (Å²) in [7, 11) is 0. The molecule has 1 aliphatic heterocycles. The number of aryl methyl sites for hydroxylation is 1. The number of carbonyl (C=O) groups excluding carboxylic acids is 1. The first-order chi connectivity index (χ1) is 13.5. The van der Waals surface area contributed by atoms with Gasteiger partial charge in [-0.05, 0) is 69.4 Å². The number of amides is 1. The molecule has 1 aliphatic rings. The van der Waals surface area contributed by atoms with Gasteiger partial charge in [0.05, 0.1) is 6.10 Å². The van der Waals surface area contributed by atoms with Gasteiger partial charge in [-0.25, -0.2) is 9.78 Å². The second-order valence-electron chi connectivity index (χ2n) is 7.81. The normalized spacial score (nSPS) is 15.4. The summed E-state index contributed by atoms with van der Waals surface area (Å²) < 4.78 is 11.3.